The zero-order valence-corrected chi connectivity index (χ0v) is 16.0. The van der Waals surface area contributed by atoms with E-state index in [2.05, 4.69) is 9.88 Å². The number of ether oxygens (including phenoxy) is 1. The summed E-state index contributed by atoms with van der Waals surface area (Å²) in [6.45, 7) is 4.93. The van der Waals surface area contributed by atoms with Crippen LogP contribution in [-0.2, 0) is 6.61 Å². The molecule has 28 heavy (non-hydrogen) atoms. The molecule has 0 spiro atoms. The number of nitrogens with zero attached hydrogens (tertiary/aromatic N) is 3. The Hall–Kier alpha value is -2.41. The van der Waals surface area contributed by atoms with Crippen molar-refractivity contribution in [2.24, 2.45) is 5.92 Å². The summed E-state index contributed by atoms with van der Waals surface area (Å²) in [5.41, 5.74) is 0.286. The van der Waals surface area contributed by atoms with E-state index < -0.39 is 5.82 Å². The van der Waals surface area contributed by atoms with Crippen LogP contribution in [0.3, 0.4) is 0 Å². The predicted octanol–water partition coefficient (Wildman–Crippen LogP) is 3.34. The number of piperidine rings is 1. The fraction of sp³-hybridized carbons (Fsp3) is 0.524. The Bertz CT molecular complexity index is 804. The minimum absolute atomic E-state index is 0.0220. The van der Waals surface area contributed by atoms with Gasteiger partial charge in [0.2, 0.25) is 5.89 Å². The number of hydrogen-bond donors (Lipinski definition) is 0. The molecule has 1 atom stereocenters. The third kappa shape index (κ3) is 4.52. The van der Waals surface area contributed by atoms with Gasteiger partial charge >= 0.3 is 0 Å². The molecule has 2 aromatic rings. The van der Waals surface area contributed by atoms with Crippen molar-refractivity contribution in [2.45, 2.75) is 32.3 Å². The van der Waals surface area contributed by atoms with E-state index in [1.807, 2.05) is 4.90 Å². The SMILES string of the molecule is O=C(c1coc(COc2ccccc2F)n1)N1CCCC(CN2CCCC2)C1. The molecule has 2 fully saturated rings. The number of para-hydroxylation sites is 1. The molecule has 3 heterocycles. The van der Waals surface area contributed by atoms with Crippen molar-refractivity contribution in [3.8, 4) is 5.75 Å². The summed E-state index contributed by atoms with van der Waals surface area (Å²) >= 11 is 0. The summed E-state index contributed by atoms with van der Waals surface area (Å²) < 4.78 is 24.4. The molecule has 2 aliphatic rings. The Balaban J connectivity index is 1.32. The highest BCUT2D eigenvalue weighted by Gasteiger charge is 2.28. The lowest BCUT2D eigenvalue weighted by Gasteiger charge is -2.34. The van der Waals surface area contributed by atoms with E-state index in [1.165, 1.54) is 44.7 Å². The first-order chi connectivity index (χ1) is 13.7. The second kappa shape index (κ2) is 8.73. The standard InChI is InChI=1S/C21H26FN3O3/c22-17-7-1-2-8-19(17)27-15-20-23-18(14-28-20)21(26)25-11-5-6-16(13-25)12-24-9-3-4-10-24/h1-2,7-8,14,16H,3-6,9-13,15H2. The highest BCUT2D eigenvalue weighted by molar-refractivity contribution is 5.92. The van der Waals surface area contributed by atoms with E-state index in [0.29, 0.717) is 5.92 Å². The number of amides is 1. The molecular formula is C21H26FN3O3. The van der Waals surface area contributed by atoms with E-state index in [1.54, 1.807) is 18.2 Å². The van der Waals surface area contributed by atoms with Crippen molar-refractivity contribution in [3.05, 3.63) is 47.9 Å². The number of halogens is 1. The van der Waals surface area contributed by atoms with E-state index >= 15 is 0 Å². The van der Waals surface area contributed by atoms with Gasteiger partial charge in [0.15, 0.2) is 23.9 Å². The van der Waals surface area contributed by atoms with Gasteiger partial charge in [0.25, 0.3) is 5.91 Å². The van der Waals surface area contributed by atoms with Gasteiger partial charge < -0.3 is 19.0 Å². The number of likely N-dealkylation sites (tertiary alicyclic amines) is 2. The average Bonchev–Trinajstić information content (AvgIpc) is 3.39. The number of oxazole rings is 1. The van der Waals surface area contributed by atoms with E-state index in [-0.39, 0.29) is 29.8 Å². The molecule has 7 heteroatoms. The third-order valence-corrected chi connectivity index (χ3v) is 5.48. The van der Waals surface area contributed by atoms with E-state index in [0.717, 1.165) is 26.1 Å². The van der Waals surface area contributed by atoms with Crippen LogP contribution in [0.2, 0.25) is 0 Å². The van der Waals surface area contributed by atoms with Gasteiger partial charge in [0, 0.05) is 19.6 Å². The largest absolute Gasteiger partial charge is 0.481 e. The maximum Gasteiger partial charge on any atom is 0.275 e. The maximum absolute atomic E-state index is 13.6. The number of carbonyl (C=O) groups is 1. The van der Waals surface area contributed by atoms with Gasteiger partial charge in [-0.25, -0.2) is 9.37 Å². The Labute approximate surface area is 164 Å². The lowest BCUT2D eigenvalue weighted by Crippen LogP contribution is -2.43. The quantitative estimate of drug-likeness (QED) is 0.761. The van der Waals surface area contributed by atoms with Gasteiger partial charge in [-0.05, 0) is 56.8 Å². The molecule has 0 aliphatic carbocycles. The Morgan fingerprint density at radius 2 is 2.04 bits per heavy atom. The topological polar surface area (TPSA) is 58.8 Å². The molecule has 1 unspecified atom stereocenters. The monoisotopic (exact) mass is 387 g/mol. The van der Waals surface area contributed by atoms with Crippen molar-refractivity contribution >= 4 is 5.91 Å². The van der Waals surface area contributed by atoms with Gasteiger partial charge in [-0.2, -0.15) is 0 Å². The molecule has 2 aliphatic heterocycles. The summed E-state index contributed by atoms with van der Waals surface area (Å²) in [7, 11) is 0. The van der Waals surface area contributed by atoms with Crippen molar-refractivity contribution in [2.75, 3.05) is 32.7 Å². The molecule has 1 aromatic heterocycles. The Morgan fingerprint density at radius 3 is 2.86 bits per heavy atom. The molecule has 0 radical (unpaired) electrons. The lowest BCUT2D eigenvalue weighted by atomic mass is 9.97. The minimum Gasteiger partial charge on any atom is -0.481 e. The van der Waals surface area contributed by atoms with Crippen LogP contribution >= 0.6 is 0 Å². The van der Waals surface area contributed by atoms with Crippen LogP contribution < -0.4 is 4.74 Å². The summed E-state index contributed by atoms with van der Waals surface area (Å²) in [5.74, 6) is 0.368. The van der Waals surface area contributed by atoms with Gasteiger partial charge in [-0.1, -0.05) is 12.1 Å². The van der Waals surface area contributed by atoms with Gasteiger partial charge in [-0.15, -0.1) is 0 Å². The van der Waals surface area contributed by atoms with Crippen molar-refractivity contribution in [1.82, 2.24) is 14.8 Å². The molecule has 0 N–H and O–H groups in total. The van der Waals surface area contributed by atoms with Gasteiger partial charge in [0.05, 0.1) is 0 Å². The number of benzene rings is 1. The average molecular weight is 387 g/mol. The molecule has 4 rings (SSSR count). The van der Waals surface area contributed by atoms with E-state index in [9.17, 15) is 9.18 Å². The van der Waals surface area contributed by atoms with E-state index in [4.69, 9.17) is 9.15 Å². The normalized spacial score (nSPS) is 20.5. The summed E-state index contributed by atoms with van der Waals surface area (Å²) in [5, 5.41) is 0. The fourth-order valence-corrected chi connectivity index (χ4v) is 4.07. The molecule has 150 valence electrons. The summed E-state index contributed by atoms with van der Waals surface area (Å²) in [4.78, 5) is 21.4. The zero-order chi connectivity index (χ0) is 19.3. The summed E-state index contributed by atoms with van der Waals surface area (Å²) in [6.07, 6.45) is 6.12. The molecule has 1 amide bonds. The van der Waals surface area contributed by atoms with Crippen molar-refractivity contribution in [3.63, 3.8) is 0 Å². The fourth-order valence-electron chi connectivity index (χ4n) is 4.07. The second-order valence-corrected chi connectivity index (χ2v) is 7.61. The maximum atomic E-state index is 13.6. The molecule has 0 bridgehead atoms. The van der Waals surface area contributed by atoms with Gasteiger partial charge in [0.1, 0.15) is 6.26 Å². The van der Waals surface area contributed by atoms with Crippen LogP contribution in [0.15, 0.2) is 34.9 Å². The van der Waals surface area contributed by atoms with Crippen LogP contribution in [0.25, 0.3) is 0 Å². The molecule has 2 saturated heterocycles. The minimum atomic E-state index is -0.442. The van der Waals surface area contributed by atoms with Crippen LogP contribution in [0.5, 0.6) is 5.75 Å². The third-order valence-electron chi connectivity index (χ3n) is 5.48. The van der Waals surface area contributed by atoms with Crippen molar-refractivity contribution in [1.29, 1.82) is 0 Å². The second-order valence-electron chi connectivity index (χ2n) is 7.61. The highest BCUT2D eigenvalue weighted by Crippen LogP contribution is 2.22. The van der Waals surface area contributed by atoms with Crippen molar-refractivity contribution < 1.29 is 18.3 Å². The summed E-state index contributed by atoms with van der Waals surface area (Å²) in [6, 6.07) is 6.16. The highest BCUT2D eigenvalue weighted by atomic mass is 19.1. The number of rotatable bonds is 6. The Kier molecular flexibility index (Phi) is 5.90. The zero-order valence-electron chi connectivity index (χ0n) is 16.0. The van der Waals surface area contributed by atoms with Crippen LogP contribution in [-0.4, -0.2) is 53.4 Å². The predicted molar refractivity (Wildman–Crippen MR) is 102 cm³/mol. The lowest BCUT2D eigenvalue weighted by molar-refractivity contribution is 0.0642. The Morgan fingerprint density at radius 1 is 1.21 bits per heavy atom. The van der Waals surface area contributed by atoms with Crippen LogP contribution in [0.4, 0.5) is 4.39 Å². The molecule has 6 nitrogen and oxygen atoms in total. The van der Waals surface area contributed by atoms with Gasteiger partial charge in [-0.3, -0.25) is 4.79 Å². The smallest absolute Gasteiger partial charge is 0.275 e. The van der Waals surface area contributed by atoms with Crippen LogP contribution in [0, 0.1) is 11.7 Å². The number of carbonyl (C=O) groups excluding carboxylic acids is 1. The molecule has 1 aromatic carbocycles. The number of aromatic nitrogens is 1. The molecule has 0 saturated carbocycles. The number of hydrogen-bond acceptors (Lipinski definition) is 5. The molecular weight excluding hydrogens is 361 g/mol. The van der Waals surface area contributed by atoms with Crippen LogP contribution in [0.1, 0.15) is 42.1 Å². The first kappa shape index (κ1) is 18.9. The first-order valence-electron chi connectivity index (χ1n) is 10.0. The first-order valence-corrected chi connectivity index (χ1v) is 10.0.